The Morgan fingerprint density at radius 2 is 1.10 bits per heavy atom. The molecule has 0 saturated carbocycles. The summed E-state index contributed by atoms with van der Waals surface area (Å²) in [5.74, 6) is 2.30. The molecule has 0 unspecified atom stereocenters. The molecule has 2 heterocycles. The number of hydrogen-bond donors (Lipinski definition) is 2. The van der Waals surface area contributed by atoms with E-state index in [1.807, 2.05) is 85.5 Å². The minimum absolute atomic E-state index is 0.609. The number of benzene rings is 3. The highest BCUT2D eigenvalue weighted by Crippen LogP contribution is 2.20. The van der Waals surface area contributed by atoms with E-state index in [4.69, 9.17) is 21.1 Å². The predicted octanol–water partition coefficient (Wildman–Crippen LogP) is 7.00. The third-order valence-corrected chi connectivity index (χ3v) is 6.53. The first-order valence-corrected chi connectivity index (χ1v) is 14.5. The Balaban J connectivity index is 0.000000208. The number of ether oxygens (including phenoxy) is 2. The van der Waals surface area contributed by atoms with E-state index < -0.39 is 0 Å². The van der Waals surface area contributed by atoms with Crippen molar-refractivity contribution < 1.29 is 9.47 Å². The molecule has 216 valence electrons. The fourth-order valence-electron chi connectivity index (χ4n) is 4.19. The van der Waals surface area contributed by atoms with Crippen molar-refractivity contribution in [3.8, 4) is 33.8 Å². The second-order valence-corrected chi connectivity index (χ2v) is 9.84. The molecule has 2 aromatic heterocycles. The largest absolute Gasteiger partial charge is 0.497 e. The highest BCUT2D eigenvalue weighted by molar-refractivity contribution is 6.18. The normalized spacial score (nSPS) is 10.4. The first-order chi connectivity index (χ1) is 20.7. The zero-order valence-corrected chi connectivity index (χ0v) is 24.6. The first-order valence-electron chi connectivity index (χ1n) is 14.0. The van der Waals surface area contributed by atoms with Crippen LogP contribution in [0.15, 0.2) is 122 Å². The van der Waals surface area contributed by atoms with Crippen molar-refractivity contribution in [1.82, 2.24) is 20.6 Å². The molecule has 3 aromatic carbocycles. The number of pyridine rings is 2. The van der Waals surface area contributed by atoms with Gasteiger partial charge < -0.3 is 20.1 Å². The van der Waals surface area contributed by atoms with Crippen LogP contribution in [-0.4, -0.2) is 42.7 Å². The van der Waals surface area contributed by atoms with Crippen LogP contribution in [-0.2, 0) is 13.1 Å². The molecule has 5 rings (SSSR count). The van der Waals surface area contributed by atoms with Crippen LogP contribution in [0.2, 0.25) is 0 Å². The van der Waals surface area contributed by atoms with Gasteiger partial charge in [0.15, 0.2) is 0 Å². The van der Waals surface area contributed by atoms with E-state index in [1.165, 1.54) is 16.7 Å². The molecule has 5 aromatic rings. The zero-order valence-electron chi connectivity index (χ0n) is 23.9. The smallest absolute Gasteiger partial charge is 0.119 e. The van der Waals surface area contributed by atoms with Crippen molar-refractivity contribution in [2.24, 2.45) is 0 Å². The lowest BCUT2D eigenvalue weighted by atomic mass is 10.1. The van der Waals surface area contributed by atoms with Gasteiger partial charge in [-0.05, 0) is 58.7 Å². The van der Waals surface area contributed by atoms with Crippen molar-refractivity contribution in [3.63, 3.8) is 0 Å². The van der Waals surface area contributed by atoms with Crippen molar-refractivity contribution in [3.05, 3.63) is 133 Å². The van der Waals surface area contributed by atoms with E-state index in [1.54, 1.807) is 7.11 Å². The molecular formula is C35H37ClN4O2. The lowest BCUT2D eigenvalue weighted by molar-refractivity contribution is 0.313. The van der Waals surface area contributed by atoms with E-state index in [9.17, 15) is 0 Å². The molecule has 0 radical (unpaired) electrons. The molecule has 0 aliphatic carbocycles. The van der Waals surface area contributed by atoms with Crippen molar-refractivity contribution in [2.45, 2.75) is 13.1 Å². The fraction of sp³-hybridized carbons (Fsp3) is 0.200. The van der Waals surface area contributed by atoms with Crippen LogP contribution < -0.4 is 20.1 Å². The summed E-state index contributed by atoms with van der Waals surface area (Å²) >= 11 is 5.62. The molecule has 0 atom stereocenters. The lowest BCUT2D eigenvalue weighted by Crippen LogP contribution is -2.20. The molecule has 0 amide bonds. The molecule has 0 fully saturated rings. The van der Waals surface area contributed by atoms with Crippen LogP contribution in [0, 0.1) is 0 Å². The van der Waals surface area contributed by atoms with Gasteiger partial charge in [-0.1, -0.05) is 60.7 Å². The number of nitrogens with zero attached hydrogens (tertiary/aromatic N) is 2. The maximum atomic E-state index is 5.70. The Kier molecular flexibility index (Phi) is 12.8. The third kappa shape index (κ3) is 10.3. The van der Waals surface area contributed by atoms with Gasteiger partial charge in [-0.2, -0.15) is 0 Å². The lowest BCUT2D eigenvalue weighted by Gasteiger charge is -2.09. The van der Waals surface area contributed by atoms with Gasteiger partial charge in [-0.15, -0.1) is 11.6 Å². The molecule has 0 aliphatic rings. The van der Waals surface area contributed by atoms with E-state index in [0.717, 1.165) is 54.4 Å². The Bertz CT molecular complexity index is 1450. The topological polar surface area (TPSA) is 68.3 Å². The van der Waals surface area contributed by atoms with Gasteiger partial charge in [0.05, 0.1) is 7.11 Å². The second kappa shape index (κ2) is 17.6. The van der Waals surface area contributed by atoms with Crippen molar-refractivity contribution in [1.29, 1.82) is 0 Å². The maximum Gasteiger partial charge on any atom is 0.119 e. The van der Waals surface area contributed by atoms with Crippen LogP contribution in [0.5, 0.6) is 11.5 Å². The summed E-state index contributed by atoms with van der Waals surface area (Å²) in [6, 6.07) is 32.5. The number of halogens is 1. The van der Waals surface area contributed by atoms with Gasteiger partial charge in [0.25, 0.3) is 0 Å². The molecule has 0 bridgehead atoms. The minimum Gasteiger partial charge on any atom is -0.497 e. The monoisotopic (exact) mass is 580 g/mol. The van der Waals surface area contributed by atoms with Gasteiger partial charge in [0.2, 0.25) is 0 Å². The molecular weight excluding hydrogens is 544 g/mol. The molecule has 0 saturated heterocycles. The summed E-state index contributed by atoms with van der Waals surface area (Å²) in [4.78, 5) is 8.61. The molecule has 0 spiro atoms. The van der Waals surface area contributed by atoms with E-state index >= 15 is 0 Å². The van der Waals surface area contributed by atoms with Crippen molar-refractivity contribution in [2.75, 3.05) is 32.7 Å². The summed E-state index contributed by atoms with van der Waals surface area (Å²) < 4.78 is 10.8. The zero-order chi connectivity index (χ0) is 29.2. The Morgan fingerprint density at radius 3 is 1.60 bits per heavy atom. The quantitative estimate of drug-likeness (QED) is 0.115. The number of methoxy groups -OCH3 is 1. The first kappa shape index (κ1) is 30.7. The van der Waals surface area contributed by atoms with Crippen LogP contribution in [0.1, 0.15) is 11.1 Å². The van der Waals surface area contributed by atoms with E-state index in [0.29, 0.717) is 12.5 Å². The van der Waals surface area contributed by atoms with Gasteiger partial charge in [0, 0.05) is 68.0 Å². The Morgan fingerprint density at radius 1 is 0.595 bits per heavy atom. The number of nitrogens with one attached hydrogen (secondary N) is 2. The summed E-state index contributed by atoms with van der Waals surface area (Å²) in [6.07, 6.45) is 7.56. The predicted molar refractivity (Wildman–Crippen MR) is 172 cm³/mol. The summed E-state index contributed by atoms with van der Waals surface area (Å²) in [6.45, 7) is 3.76. The molecule has 7 heteroatoms. The average Bonchev–Trinajstić information content (AvgIpc) is 3.06. The van der Waals surface area contributed by atoms with Gasteiger partial charge in [0.1, 0.15) is 18.1 Å². The maximum absolute atomic E-state index is 5.70. The average molecular weight is 581 g/mol. The fourth-order valence-corrected chi connectivity index (χ4v) is 4.32. The van der Waals surface area contributed by atoms with Crippen molar-refractivity contribution >= 4 is 11.6 Å². The van der Waals surface area contributed by atoms with Crippen LogP contribution in [0.25, 0.3) is 22.3 Å². The number of hydrogen-bond acceptors (Lipinski definition) is 6. The highest BCUT2D eigenvalue weighted by Gasteiger charge is 2.01. The number of alkyl halides is 1. The Hall–Kier alpha value is -4.23. The van der Waals surface area contributed by atoms with Crippen LogP contribution in [0.3, 0.4) is 0 Å². The highest BCUT2D eigenvalue weighted by atomic mass is 35.5. The minimum atomic E-state index is 0.609. The second-order valence-electron chi connectivity index (χ2n) is 9.46. The van der Waals surface area contributed by atoms with E-state index in [-0.39, 0.29) is 0 Å². The van der Waals surface area contributed by atoms with Gasteiger partial charge in [-0.25, -0.2) is 0 Å². The van der Waals surface area contributed by atoms with Crippen LogP contribution in [0.4, 0.5) is 0 Å². The van der Waals surface area contributed by atoms with Crippen LogP contribution >= 0.6 is 11.6 Å². The van der Waals surface area contributed by atoms with Gasteiger partial charge in [-0.3, -0.25) is 9.97 Å². The van der Waals surface area contributed by atoms with E-state index in [2.05, 4.69) is 57.0 Å². The SMILES string of the molecule is COc1ccc(OCCNCc2cncc(-c3ccccc3)c2)cc1.ClCCNCc1cncc(-c2ccccc2)c1. The summed E-state index contributed by atoms with van der Waals surface area (Å²) in [5, 5.41) is 6.64. The van der Waals surface area contributed by atoms with Gasteiger partial charge >= 0.3 is 0 Å². The standard InChI is InChI=1S/C21H22N2O2.C14H15ClN2/c1-24-20-7-9-21(10-8-20)25-12-11-22-14-17-13-19(16-23-15-17)18-5-3-2-4-6-18;15-6-7-16-9-12-8-14(11-17-10-12)13-4-2-1-3-5-13/h2-10,13,15-16,22H,11-12,14H2,1H3;1-5,8,10-11,16H,6-7,9H2. The molecule has 0 aliphatic heterocycles. The number of rotatable bonds is 13. The molecule has 2 N–H and O–H groups in total. The third-order valence-electron chi connectivity index (χ3n) is 6.34. The summed E-state index contributed by atoms with van der Waals surface area (Å²) in [7, 11) is 1.65. The summed E-state index contributed by atoms with van der Waals surface area (Å²) in [5.41, 5.74) is 6.99. The number of aromatic nitrogens is 2. The Labute approximate surface area is 253 Å². The molecule has 6 nitrogen and oxygen atoms in total. The molecule has 42 heavy (non-hydrogen) atoms.